The van der Waals surface area contributed by atoms with Crippen LogP contribution in [0.3, 0.4) is 0 Å². The third-order valence-corrected chi connectivity index (χ3v) is 4.19. The van der Waals surface area contributed by atoms with Gasteiger partial charge in [-0.15, -0.1) is 5.10 Å². The van der Waals surface area contributed by atoms with Gasteiger partial charge in [0.1, 0.15) is 0 Å². The summed E-state index contributed by atoms with van der Waals surface area (Å²) < 4.78 is 27.2. The van der Waals surface area contributed by atoms with Crippen LogP contribution in [0.5, 0.6) is 0 Å². The van der Waals surface area contributed by atoms with Crippen LogP contribution in [0.15, 0.2) is 33.9 Å². The molecule has 96 valence electrons. The van der Waals surface area contributed by atoms with Crippen LogP contribution in [0, 0.1) is 0 Å². The number of anilines is 1. The van der Waals surface area contributed by atoms with Crippen molar-refractivity contribution in [2.45, 2.75) is 4.90 Å². The molecule has 18 heavy (non-hydrogen) atoms. The van der Waals surface area contributed by atoms with E-state index in [2.05, 4.69) is 30.7 Å². The summed E-state index contributed by atoms with van der Waals surface area (Å²) in [4.78, 5) is 4.07. The van der Waals surface area contributed by atoms with E-state index in [1.54, 1.807) is 12.1 Å². The molecule has 3 N–H and O–H groups in total. The van der Waals surface area contributed by atoms with Gasteiger partial charge in [0.05, 0.1) is 10.6 Å². The second-order valence-corrected chi connectivity index (χ2v) is 5.95. The van der Waals surface area contributed by atoms with Gasteiger partial charge in [-0.3, -0.25) is 0 Å². The lowest BCUT2D eigenvalue weighted by Crippen LogP contribution is -2.18. The highest BCUT2D eigenvalue weighted by Crippen LogP contribution is 2.17. The van der Waals surface area contributed by atoms with Crippen LogP contribution in [0.25, 0.3) is 5.69 Å². The van der Waals surface area contributed by atoms with Crippen LogP contribution >= 0.6 is 15.9 Å². The number of hydrogen-bond donors (Lipinski definition) is 2. The number of benzene rings is 1. The van der Waals surface area contributed by atoms with Crippen molar-refractivity contribution >= 4 is 31.9 Å². The smallest absolute Gasteiger partial charge is 0.240 e. The van der Waals surface area contributed by atoms with Gasteiger partial charge in [-0.25, -0.2) is 17.8 Å². The average molecular weight is 332 g/mol. The summed E-state index contributed by atoms with van der Waals surface area (Å²) >= 11 is 3.20. The van der Waals surface area contributed by atoms with E-state index < -0.39 is 10.0 Å². The summed E-state index contributed by atoms with van der Waals surface area (Å²) in [5, 5.41) is 3.96. The normalized spacial score (nSPS) is 11.7. The van der Waals surface area contributed by atoms with Crippen molar-refractivity contribution in [1.29, 1.82) is 0 Å². The summed E-state index contributed by atoms with van der Waals surface area (Å²) in [5.41, 5.74) is 6.11. The monoisotopic (exact) mass is 331 g/mol. The highest BCUT2D eigenvalue weighted by molar-refractivity contribution is 9.10. The Morgan fingerprint density at radius 2 is 1.94 bits per heavy atom. The molecule has 7 nitrogen and oxygen atoms in total. The fourth-order valence-electron chi connectivity index (χ4n) is 1.36. The molecule has 0 aliphatic heterocycles. The zero-order chi connectivity index (χ0) is 13.3. The van der Waals surface area contributed by atoms with Gasteiger partial charge in [-0.1, -0.05) is 0 Å². The number of nitrogen functional groups attached to an aromatic ring is 1. The molecule has 0 saturated heterocycles. The van der Waals surface area contributed by atoms with Crippen LogP contribution in [0.2, 0.25) is 0 Å². The van der Waals surface area contributed by atoms with E-state index in [-0.39, 0.29) is 10.8 Å². The minimum atomic E-state index is -3.43. The van der Waals surface area contributed by atoms with E-state index in [4.69, 9.17) is 5.73 Å². The third kappa shape index (κ3) is 2.37. The first-order chi connectivity index (χ1) is 8.44. The van der Waals surface area contributed by atoms with E-state index in [1.165, 1.54) is 23.9 Å². The van der Waals surface area contributed by atoms with E-state index in [0.717, 1.165) is 0 Å². The highest BCUT2D eigenvalue weighted by Gasteiger charge is 2.12. The van der Waals surface area contributed by atoms with Gasteiger partial charge in [-0.05, 0) is 47.2 Å². The van der Waals surface area contributed by atoms with E-state index >= 15 is 0 Å². The highest BCUT2D eigenvalue weighted by atomic mass is 79.9. The summed E-state index contributed by atoms with van der Waals surface area (Å²) in [5.74, 6) is 0.133. The van der Waals surface area contributed by atoms with Crippen molar-refractivity contribution in [2.75, 3.05) is 12.8 Å². The van der Waals surface area contributed by atoms with E-state index in [9.17, 15) is 8.42 Å². The standard InChI is InChI=1S/C9H10BrN5O2S/c1-12-18(16,17)7-4-2-6(3-5-7)15-8(10)13-9(11)14-15/h2-5,12H,1H3,(H2,11,14). The lowest BCUT2D eigenvalue weighted by molar-refractivity contribution is 0.588. The molecule has 0 spiro atoms. The minimum Gasteiger partial charge on any atom is -0.366 e. The molecule has 0 aliphatic rings. The molecule has 0 aliphatic carbocycles. The van der Waals surface area contributed by atoms with Gasteiger partial charge in [0.15, 0.2) is 0 Å². The summed E-state index contributed by atoms with van der Waals surface area (Å²) in [6.45, 7) is 0. The van der Waals surface area contributed by atoms with Crippen molar-refractivity contribution < 1.29 is 8.42 Å². The average Bonchev–Trinajstić information content (AvgIpc) is 2.69. The van der Waals surface area contributed by atoms with Gasteiger partial charge >= 0.3 is 0 Å². The lowest BCUT2D eigenvalue weighted by atomic mass is 10.3. The summed E-state index contributed by atoms with van der Waals surface area (Å²) in [6.07, 6.45) is 0. The number of halogens is 1. The molecule has 0 fully saturated rings. The van der Waals surface area contributed by atoms with Gasteiger partial charge in [0.2, 0.25) is 20.7 Å². The molecule has 1 heterocycles. The Labute approximate surface area is 112 Å². The van der Waals surface area contributed by atoms with Crippen molar-refractivity contribution in [2.24, 2.45) is 0 Å². The molecule has 0 bridgehead atoms. The molecule has 0 radical (unpaired) electrons. The molecule has 2 aromatic rings. The van der Waals surface area contributed by atoms with Crippen molar-refractivity contribution in [3.63, 3.8) is 0 Å². The second kappa shape index (κ2) is 4.67. The Kier molecular flexibility index (Phi) is 3.37. The number of nitrogens with two attached hydrogens (primary N) is 1. The van der Waals surface area contributed by atoms with Crippen LogP contribution in [0.1, 0.15) is 0 Å². The maximum atomic E-state index is 11.5. The summed E-state index contributed by atoms with van der Waals surface area (Å²) in [7, 11) is -2.07. The number of nitrogens with one attached hydrogen (secondary N) is 1. The third-order valence-electron chi connectivity index (χ3n) is 2.24. The fourth-order valence-corrected chi connectivity index (χ4v) is 2.55. The maximum Gasteiger partial charge on any atom is 0.240 e. The molecule has 2 rings (SSSR count). The number of aromatic nitrogens is 3. The Hall–Kier alpha value is -1.45. The molecular weight excluding hydrogens is 322 g/mol. The Morgan fingerprint density at radius 3 is 2.39 bits per heavy atom. The van der Waals surface area contributed by atoms with Crippen LogP contribution in [0.4, 0.5) is 5.95 Å². The summed E-state index contributed by atoms with van der Waals surface area (Å²) in [6, 6.07) is 6.18. The predicted molar refractivity (Wildman–Crippen MR) is 69.7 cm³/mol. The van der Waals surface area contributed by atoms with Crippen LogP contribution in [-0.4, -0.2) is 30.2 Å². The fraction of sp³-hybridized carbons (Fsp3) is 0.111. The zero-order valence-corrected chi connectivity index (χ0v) is 11.7. The Bertz CT molecular complexity index is 665. The molecule has 0 atom stereocenters. The molecule has 1 aromatic heterocycles. The number of nitrogens with zero attached hydrogens (tertiary/aromatic N) is 3. The van der Waals surface area contributed by atoms with Crippen LogP contribution < -0.4 is 10.5 Å². The molecular formula is C9H10BrN5O2S. The Morgan fingerprint density at radius 1 is 1.33 bits per heavy atom. The zero-order valence-electron chi connectivity index (χ0n) is 9.33. The van der Waals surface area contributed by atoms with Gasteiger partial charge in [-0.2, -0.15) is 4.98 Å². The van der Waals surface area contributed by atoms with Gasteiger partial charge in [0.25, 0.3) is 0 Å². The molecule has 1 aromatic carbocycles. The second-order valence-electron chi connectivity index (χ2n) is 3.35. The molecule has 0 unspecified atom stereocenters. The quantitative estimate of drug-likeness (QED) is 0.853. The van der Waals surface area contributed by atoms with E-state index in [1.807, 2.05) is 0 Å². The Balaban J connectivity index is 2.42. The first-order valence-electron chi connectivity index (χ1n) is 4.86. The molecule has 0 amide bonds. The van der Waals surface area contributed by atoms with Crippen LogP contribution in [-0.2, 0) is 10.0 Å². The molecule has 9 heteroatoms. The number of sulfonamides is 1. The minimum absolute atomic E-state index is 0.133. The first-order valence-corrected chi connectivity index (χ1v) is 7.13. The largest absolute Gasteiger partial charge is 0.366 e. The van der Waals surface area contributed by atoms with Gasteiger partial charge in [0, 0.05) is 0 Å². The maximum absolute atomic E-state index is 11.5. The number of rotatable bonds is 3. The predicted octanol–water partition coefficient (Wildman–Crippen LogP) is 0.520. The first kappa shape index (κ1) is 13.0. The van der Waals surface area contributed by atoms with E-state index in [0.29, 0.717) is 10.4 Å². The van der Waals surface area contributed by atoms with Crippen molar-refractivity contribution in [3.05, 3.63) is 29.0 Å². The molecule has 0 saturated carbocycles. The SMILES string of the molecule is CNS(=O)(=O)c1ccc(-n2nc(N)nc2Br)cc1. The van der Waals surface area contributed by atoms with Crippen molar-refractivity contribution in [1.82, 2.24) is 19.5 Å². The van der Waals surface area contributed by atoms with Gasteiger partial charge < -0.3 is 5.73 Å². The topological polar surface area (TPSA) is 103 Å². The lowest BCUT2D eigenvalue weighted by Gasteiger charge is -2.04. The number of hydrogen-bond acceptors (Lipinski definition) is 5. The van der Waals surface area contributed by atoms with Crippen molar-refractivity contribution in [3.8, 4) is 5.69 Å².